The number of benzene rings is 2. The number of anilines is 1. The van der Waals surface area contributed by atoms with Crippen LogP contribution in [0.1, 0.15) is 22.0 Å². The number of carbonyl (C=O) groups excluding carboxylic acids is 1. The van der Waals surface area contributed by atoms with Crippen molar-refractivity contribution in [2.75, 3.05) is 26.1 Å². The molecule has 0 saturated heterocycles. The lowest BCUT2D eigenvalue weighted by molar-refractivity contribution is 0.194. The lowest BCUT2D eigenvalue weighted by Crippen LogP contribution is -2.42. The van der Waals surface area contributed by atoms with Crippen LogP contribution in [0.25, 0.3) is 0 Å². The summed E-state index contributed by atoms with van der Waals surface area (Å²) in [5, 5.41) is 5.65. The highest BCUT2D eigenvalue weighted by molar-refractivity contribution is 7.10. The van der Waals surface area contributed by atoms with Gasteiger partial charge in [0, 0.05) is 22.1 Å². The molecule has 0 aliphatic carbocycles. The lowest BCUT2D eigenvalue weighted by Gasteiger charge is -2.37. The lowest BCUT2D eigenvalue weighted by atomic mass is 9.91. The standard InChI is InChI=1S/C22H21ClN2O3S/c1-27-18-12-14-9-10-25(22(26)24-16-7-5-15(23)6-8-16)21(20-4-3-11-29-20)17(14)13-19(18)28-2/h3-8,11-13,21H,9-10H2,1-2H3,(H,24,26)/t21-/m0/s1. The molecule has 0 bridgehead atoms. The number of carbonyl (C=O) groups is 1. The first-order chi connectivity index (χ1) is 14.1. The largest absolute Gasteiger partial charge is 0.493 e. The van der Waals surface area contributed by atoms with Gasteiger partial charge < -0.3 is 19.7 Å². The Morgan fingerprint density at radius 2 is 1.86 bits per heavy atom. The summed E-state index contributed by atoms with van der Waals surface area (Å²) in [6.07, 6.45) is 0.742. The Morgan fingerprint density at radius 3 is 2.52 bits per heavy atom. The van der Waals surface area contributed by atoms with Crippen LogP contribution in [0.5, 0.6) is 11.5 Å². The first-order valence-corrected chi connectivity index (χ1v) is 10.5. The monoisotopic (exact) mass is 428 g/mol. The average molecular weight is 429 g/mol. The number of fused-ring (bicyclic) bond motifs is 1. The second-order valence-corrected chi connectivity index (χ2v) is 8.12. The number of amides is 2. The highest BCUT2D eigenvalue weighted by Crippen LogP contribution is 2.42. The van der Waals surface area contributed by atoms with E-state index in [0.29, 0.717) is 28.8 Å². The van der Waals surface area contributed by atoms with Gasteiger partial charge in [0.25, 0.3) is 0 Å². The minimum Gasteiger partial charge on any atom is -0.493 e. The molecule has 0 spiro atoms. The molecule has 3 aromatic rings. The fourth-order valence-electron chi connectivity index (χ4n) is 3.65. The number of halogens is 1. The van der Waals surface area contributed by atoms with E-state index in [1.807, 2.05) is 28.5 Å². The zero-order chi connectivity index (χ0) is 20.4. The molecule has 2 amide bonds. The molecule has 7 heteroatoms. The third kappa shape index (κ3) is 3.91. The van der Waals surface area contributed by atoms with Crippen LogP contribution < -0.4 is 14.8 Å². The first-order valence-electron chi connectivity index (χ1n) is 9.22. The van der Waals surface area contributed by atoms with Crippen molar-refractivity contribution in [3.63, 3.8) is 0 Å². The first kappa shape index (κ1) is 19.6. The van der Waals surface area contributed by atoms with Gasteiger partial charge in [0.1, 0.15) is 0 Å². The van der Waals surface area contributed by atoms with Crippen LogP contribution in [0, 0.1) is 0 Å². The summed E-state index contributed by atoms with van der Waals surface area (Å²) >= 11 is 7.59. The van der Waals surface area contributed by atoms with Crippen LogP contribution in [0.4, 0.5) is 10.5 Å². The van der Waals surface area contributed by atoms with E-state index in [2.05, 4.69) is 11.4 Å². The van der Waals surface area contributed by atoms with Gasteiger partial charge in [0.05, 0.1) is 20.3 Å². The van der Waals surface area contributed by atoms with Crippen molar-refractivity contribution in [2.24, 2.45) is 0 Å². The van der Waals surface area contributed by atoms with Gasteiger partial charge in [0.2, 0.25) is 0 Å². The van der Waals surface area contributed by atoms with Crippen LogP contribution in [0.15, 0.2) is 53.9 Å². The Hall–Kier alpha value is -2.70. The summed E-state index contributed by atoms with van der Waals surface area (Å²) < 4.78 is 11.0. The molecular weight excluding hydrogens is 408 g/mol. The molecule has 0 fully saturated rings. The zero-order valence-corrected chi connectivity index (χ0v) is 17.7. The number of hydrogen-bond donors (Lipinski definition) is 1. The van der Waals surface area contributed by atoms with Gasteiger partial charge in [-0.2, -0.15) is 0 Å². The number of hydrogen-bond acceptors (Lipinski definition) is 4. The number of thiophene rings is 1. The fourth-order valence-corrected chi connectivity index (χ4v) is 4.63. The Balaban J connectivity index is 1.71. The summed E-state index contributed by atoms with van der Waals surface area (Å²) in [5.74, 6) is 1.36. The fraction of sp³-hybridized carbons (Fsp3) is 0.227. The van der Waals surface area contributed by atoms with Crippen LogP contribution in [-0.2, 0) is 6.42 Å². The topological polar surface area (TPSA) is 50.8 Å². The predicted molar refractivity (Wildman–Crippen MR) is 117 cm³/mol. The molecule has 2 heterocycles. The quantitative estimate of drug-likeness (QED) is 0.588. The van der Waals surface area contributed by atoms with Gasteiger partial charge in [0.15, 0.2) is 11.5 Å². The maximum absolute atomic E-state index is 13.2. The maximum atomic E-state index is 13.2. The molecule has 150 valence electrons. The number of nitrogens with zero attached hydrogens (tertiary/aromatic N) is 1. The number of nitrogens with one attached hydrogen (secondary N) is 1. The van der Waals surface area contributed by atoms with E-state index in [4.69, 9.17) is 21.1 Å². The van der Waals surface area contributed by atoms with Crippen molar-refractivity contribution in [3.8, 4) is 11.5 Å². The van der Waals surface area contributed by atoms with Crippen molar-refractivity contribution < 1.29 is 14.3 Å². The van der Waals surface area contributed by atoms with Crippen LogP contribution in [-0.4, -0.2) is 31.7 Å². The maximum Gasteiger partial charge on any atom is 0.322 e. The molecular formula is C22H21ClN2O3S. The van der Waals surface area contributed by atoms with Gasteiger partial charge in [-0.15, -0.1) is 11.3 Å². The Morgan fingerprint density at radius 1 is 1.14 bits per heavy atom. The Bertz CT molecular complexity index is 1010. The average Bonchev–Trinajstić information content (AvgIpc) is 3.27. The second-order valence-electron chi connectivity index (χ2n) is 6.70. The minimum atomic E-state index is -0.189. The van der Waals surface area contributed by atoms with Gasteiger partial charge in [-0.3, -0.25) is 0 Å². The molecule has 4 rings (SSSR count). The van der Waals surface area contributed by atoms with Gasteiger partial charge in [-0.05, 0) is 65.4 Å². The van der Waals surface area contributed by atoms with E-state index in [-0.39, 0.29) is 12.1 Å². The molecule has 1 atom stereocenters. The van der Waals surface area contributed by atoms with Gasteiger partial charge in [-0.25, -0.2) is 4.79 Å². The van der Waals surface area contributed by atoms with Crippen LogP contribution >= 0.6 is 22.9 Å². The molecule has 5 nitrogen and oxygen atoms in total. The highest BCUT2D eigenvalue weighted by atomic mass is 35.5. The Kier molecular flexibility index (Phi) is 5.65. The molecule has 1 aliphatic heterocycles. The molecule has 2 aromatic carbocycles. The van der Waals surface area contributed by atoms with E-state index >= 15 is 0 Å². The number of methoxy groups -OCH3 is 2. The zero-order valence-electron chi connectivity index (χ0n) is 16.1. The summed E-state index contributed by atoms with van der Waals surface area (Å²) in [4.78, 5) is 16.1. The molecule has 0 saturated carbocycles. The molecule has 1 N–H and O–H groups in total. The van der Waals surface area contributed by atoms with E-state index in [9.17, 15) is 4.79 Å². The van der Waals surface area contributed by atoms with Crippen molar-refractivity contribution >= 4 is 34.7 Å². The summed E-state index contributed by atoms with van der Waals surface area (Å²) in [6, 6.07) is 14.8. The normalized spacial score (nSPS) is 15.6. The van der Waals surface area contributed by atoms with E-state index in [0.717, 1.165) is 22.4 Å². The number of rotatable bonds is 4. The van der Waals surface area contributed by atoms with Crippen molar-refractivity contribution in [1.29, 1.82) is 0 Å². The summed E-state index contributed by atoms with van der Waals surface area (Å²) in [5.41, 5.74) is 2.93. The van der Waals surface area contributed by atoms with Crippen molar-refractivity contribution in [1.82, 2.24) is 4.90 Å². The van der Waals surface area contributed by atoms with E-state index in [1.54, 1.807) is 49.8 Å². The van der Waals surface area contributed by atoms with Crippen LogP contribution in [0.2, 0.25) is 5.02 Å². The summed E-state index contributed by atoms with van der Waals surface area (Å²) in [6.45, 7) is 0.602. The molecule has 1 aromatic heterocycles. The number of urea groups is 1. The van der Waals surface area contributed by atoms with Gasteiger partial charge >= 0.3 is 6.03 Å². The van der Waals surface area contributed by atoms with Crippen molar-refractivity contribution in [3.05, 3.63) is 74.9 Å². The van der Waals surface area contributed by atoms with Crippen molar-refractivity contribution in [2.45, 2.75) is 12.5 Å². The number of ether oxygens (including phenoxy) is 2. The van der Waals surface area contributed by atoms with Gasteiger partial charge in [-0.1, -0.05) is 17.7 Å². The molecule has 1 aliphatic rings. The Labute approximate surface area is 178 Å². The minimum absolute atomic E-state index is 0.147. The third-order valence-corrected chi connectivity index (χ3v) is 6.22. The predicted octanol–water partition coefficient (Wildman–Crippen LogP) is 5.60. The third-order valence-electron chi connectivity index (χ3n) is 5.04. The SMILES string of the molecule is COc1cc2c(cc1OC)[C@@H](c1cccs1)N(C(=O)Nc1ccc(Cl)cc1)CC2. The van der Waals surface area contributed by atoms with Crippen LogP contribution in [0.3, 0.4) is 0 Å². The smallest absolute Gasteiger partial charge is 0.322 e. The van der Waals surface area contributed by atoms with E-state index in [1.165, 1.54) is 0 Å². The second kappa shape index (κ2) is 8.35. The molecule has 0 radical (unpaired) electrons. The highest BCUT2D eigenvalue weighted by Gasteiger charge is 2.34. The van der Waals surface area contributed by atoms with E-state index < -0.39 is 0 Å². The molecule has 0 unspecified atom stereocenters. The molecule has 29 heavy (non-hydrogen) atoms. The summed E-state index contributed by atoms with van der Waals surface area (Å²) in [7, 11) is 3.26.